The van der Waals surface area contributed by atoms with Crippen molar-refractivity contribution in [2.45, 2.75) is 10.8 Å². The Kier molecular flexibility index (Phi) is 11.7. The van der Waals surface area contributed by atoms with Gasteiger partial charge in [-0.15, -0.1) is 0 Å². The van der Waals surface area contributed by atoms with Gasteiger partial charge in [0.2, 0.25) is 0 Å². The van der Waals surface area contributed by atoms with Crippen molar-refractivity contribution in [3.05, 3.63) is 408 Å². The van der Waals surface area contributed by atoms with Crippen LogP contribution in [0.15, 0.2) is 364 Å². The van der Waals surface area contributed by atoms with Gasteiger partial charge in [-0.05, 0) is 216 Å². The second-order valence-electron chi connectivity index (χ2n) is 26.8. The van der Waals surface area contributed by atoms with Gasteiger partial charge in [-0.3, -0.25) is 0 Å². The molecule has 2 spiro atoms. The fourth-order valence-electron chi connectivity index (χ4n) is 18.4. The summed E-state index contributed by atoms with van der Waals surface area (Å²) in [6.45, 7) is 0. The minimum absolute atomic E-state index is 0.551. The van der Waals surface area contributed by atoms with E-state index in [4.69, 9.17) is 0 Å². The van der Waals surface area contributed by atoms with Gasteiger partial charge >= 0.3 is 0 Å². The molecule has 0 radical (unpaired) electrons. The number of hydrogen-bond acceptors (Lipinski definition) is 0. The van der Waals surface area contributed by atoms with E-state index in [0.717, 1.165) is 56.4 Å². The number of aromatic nitrogens is 2. The lowest BCUT2D eigenvalue weighted by molar-refractivity contribution is 0.794. The summed E-state index contributed by atoms with van der Waals surface area (Å²) in [5.41, 5.74) is 35.8. The number of hydrogen-bond donors (Lipinski definition) is 0. The smallest absolute Gasteiger partial charge is 0.0725 e. The molecule has 2 heterocycles. The van der Waals surface area contributed by atoms with E-state index < -0.39 is 10.8 Å². The molecule has 0 saturated heterocycles. The molecule has 0 fully saturated rings. The maximum Gasteiger partial charge on any atom is 0.0725 e. The fraction of sp³-hybridized carbons (Fsp3) is 0.0208. The highest BCUT2D eigenvalue weighted by Crippen LogP contribution is 2.66. The first-order valence-corrected chi connectivity index (χ1v) is 34.2. The molecule has 2 aromatic heterocycles. The van der Waals surface area contributed by atoms with Crippen molar-refractivity contribution in [1.29, 1.82) is 0 Å². The van der Waals surface area contributed by atoms with Crippen molar-refractivity contribution >= 4 is 21.5 Å². The summed E-state index contributed by atoms with van der Waals surface area (Å²) < 4.78 is 4.99. The normalized spacial score (nSPS) is 13.5. The lowest BCUT2D eigenvalue weighted by Crippen LogP contribution is -2.25. The summed E-state index contributed by atoms with van der Waals surface area (Å²) in [5.74, 6) is 0. The molecule has 0 bridgehead atoms. The van der Waals surface area contributed by atoms with Crippen LogP contribution in [0.1, 0.15) is 44.5 Å². The average molecular weight is 1240 g/mol. The Morgan fingerprint density at radius 3 is 0.684 bits per heavy atom. The highest BCUT2D eigenvalue weighted by Gasteiger charge is 2.53. The molecule has 0 atom stereocenters. The fourth-order valence-corrected chi connectivity index (χ4v) is 18.4. The van der Waals surface area contributed by atoms with Crippen molar-refractivity contribution in [3.63, 3.8) is 0 Å². The van der Waals surface area contributed by atoms with Crippen molar-refractivity contribution in [2.75, 3.05) is 0 Å². The molecular formula is C96H60N2. The van der Waals surface area contributed by atoms with E-state index in [0.29, 0.717) is 0 Å². The maximum atomic E-state index is 2.60. The van der Waals surface area contributed by atoms with Crippen LogP contribution in [0.3, 0.4) is 0 Å². The minimum atomic E-state index is -0.551. The lowest BCUT2D eigenvalue weighted by Gasteiger charge is -2.31. The summed E-state index contributed by atoms with van der Waals surface area (Å²) in [6, 6.07) is 138. The molecule has 0 saturated carbocycles. The quantitative estimate of drug-likeness (QED) is 0.134. The van der Waals surface area contributed by atoms with Crippen molar-refractivity contribution in [3.8, 4) is 123 Å². The molecule has 17 aromatic rings. The van der Waals surface area contributed by atoms with E-state index in [1.807, 2.05) is 0 Å². The summed E-state index contributed by atoms with van der Waals surface area (Å²) in [5, 5.41) is 4.70. The maximum absolute atomic E-state index is 2.60. The Labute approximate surface area is 569 Å². The Bertz CT molecular complexity index is 5540. The molecule has 15 aromatic carbocycles. The number of benzene rings is 15. The molecule has 4 aliphatic carbocycles. The van der Waals surface area contributed by atoms with Gasteiger partial charge in [-0.1, -0.05) is 303 Å². The highest BCUT2D eigenvalue weighted by molar-refractivity contribution is 6.23. The van der Waals surface area contributed by atoms with Crippen LogP contribution in [0.2, 0.25) is 0 Å². The van der Waals surface area contributed by atoms with Gasteiger partial charge in [0.05, 0.1) is 33.6 Å². The number of nitrogens with zero attached hydrogens (tertiary/aromatic N) is 2. The summed E-state index contributed by atoms with van der Waals surface area (Å²) >= 11 is 0. The molecule has 21 rings (SSSR count). The second kappa shape index (κ2) is 20.9. The van der Waals surface area contributed by atoms with Crippen molar-refractivity contribution in [2.24, 2.45) is 0 Å². The molecule has 0 N–H and O–H groups in total. The largest absolute Gasteiger partial charge is 0.309 e. The van der Waals surface area contributed by atoms with Crippen LogP contribution < -0.4 is 0 Å². The molecule has 98 heavy (non-hydrogen) atoms. The standard InChI is InChI=1S/C96H60N2/c1-5-25-61(26-6-1)89-53-54-90(62-27-7-2-8-28-62)97(89)67-47-51-77-79(59-67)93(65-45-49-75-73-37-17-23-43-85(73)95(87(75)57-65)81-39-19-13-33-69(81)70-34-14-20-40-82(70)95)78-52-48-68(98-91(63-29-9-3-10-30-63)55-56-92(98)64-31-11-4-12-32-64)60-80(78)94(77)66-46-50-76-74-38-18-24-44-86(74)96(88(76)58-66)83-41-21-15-35-71(83)72-36-16-22-42-84(72)96/h1-60H. The lowest BCUT2D eigenvalue weighted by atomic mass is 9.70. The third-order valence-corrected chi connectivity index (χ3v) is 22.2. The SMILES string of the molecule is c1ccc(-c2ccc(-c3ccccc3)n2-c2ccc3c(-c4ccc5c(c4)C4(c6ccccc6-c6ccccc64)c4ccccc4-5)c4cc(-n5c(-c6ccccc6)ccc5-c5ccccc5)ccc4c(-c4ccc5c(c4)C4(c6ccccc6-c6ccccc64)c4ccccc4-5)c3c2)cc1. The number of fused-ring (bicyclic) bond motifs is 22. The van der Waals surface area contributed by atoms with Crippen LogP contribution in [-0.4, -0.2) is 9.13 Å². The van der Waals surface area contributed by atoms with Gasteiger partial charge in [0.15, 0.2) is 0 Å². The Morgan fingerprint density at radius 1 is 0.163 bits per heavy atom. The first-order chi connectivity index (χ1) is 48.6. The van der Waals surface area contributed by atoms with Gasteiger partial charge in [-0.25, -0.2) is 0 Å². The third kappa shape index (κ3) is 7.46. The van der Waals surface area contributed by atoms with E-state index in [1.54, 1.807) is 0 Å². The van der Waals surface area contributed by atoms with Crippen LogP contribution in [0, 0.1) is 0 Å². The zero-order valence-corrected chi connectivity index (χ0v) is 53.5. The van der Waals surface area contributed by atoms with E-state index in [1.165, 1.54) is 133 Å². The molecule has 0 aliphatic heterocycles. The van der Waals surface area contributed by atoms with Gasteiger partial charge in [0, 0.05) is 11.4 Å². The van der Waals surface area contributed by atoms with Crippen LogP contribution >= 0.6 is 0 Å². The first-order valence-electron chi connectivity index (χ1n) is 34.2. The molecule has 2 nitrogen and oxygen atoms in total. The molecular weight excluding hydrogens is 1180 g/mol. The Balaban J connectivity index is 0.913. The zero-order chi connectivity index (χ0) is 64.2. The molecule has 2 heteroatoms. The first kappa shape index (κ1) is 54.7. The van der Waals surface area contributed by atoms with Crippen LogP contribution in [-0.2, 0) is 10.8 Å². The Hall–Kier alpha value is -12.6. The monoisotopic (exact) mass is 1240 g/mol. The summed E-state index contributed by atoms with van der Waals surface area (Å²) in [7, 11) is 0. The molecule has 454 valence electrons. The second-order valence-corrected chi connectivity index (χ2v) is 26.8. The average Bonchev–Trinajstić information content (AvgIpc) is 1.54. The molecule has 0 amide bonds. The van der Waals surface area contributed by atoms with Gasteiger partial charge in [0.25, 0.3) is 0 Å². The zero-order valence-electron chi connectivity index (χ0n) is 53.5. The van der Waals surface area contributed by atoms with Crippen LogP contribution in [0.5, 0.6) is 0 Å². The predicted octanol–water partition coefficient (Wildman–Crippen LogP) is 24.3. The number of rotatable bonds is 8. The topological polar surface area (TPSA) is 9.86 Å². The third-order valence-electron chi connectivity index (χ3n) is 22.2. The summed E-state index contributed by atoms with van der Waals surface area (Å²) in [4.78, 5) is 0. The van der Waals surface area contributed by atoms with E-state index >= 15 is 0 Å². The Morgan fingerprint density at radius 2 is 0.408 bits per heavy atom. The van der Waals surface area contributed by atoms with E-state index in [2.05, 4.69) is 373 Å². The van der Waals surface area contributed by atoms with Crippen LogP contribution in [0.25, 0.3) is 145 Å². The van der Waals surface area contributed by atoms with Crippen molar-refractivity contribution < 1.29 is 0 Å². The van der Waals surface area contributed by atoms with E-state index in [9.17, 15) is 0 Å². The van der Waals surface area contributed by atoms with E-state index in [-0.39, 0.29) is 0 Å². The van der Waals surface area contributed by atoms with Crippen molar-refractivity contribution in [1.82, 2.24) is 9.13 Å². The molecule has 0 unspecified atom stereocenters. The molecule has 4 aliphatic rings. The highest BCUT2D eigenvalue weighted by atomic mass is 15.0. The minimum Gasteiger partial charge on any atom is -0.309 e. The van der Waals surface area contributed by atoms with Gasteiger partial charge in [-0.2, -0.15) is 0 Å². The van der Waals surface area contributed by atoms with Gasteiger partial charge < -0.3 is 9.13 Å². The summed E-state index contributed by atoms with van der Waals surface area (Å²) in [6.07, 6.45) is 0. The van der Waals surface area contributed by atoms with Crippen LogP contribution in [0.4, 0.5) is 0 Å². The van der Waals surface area contributed by atoms with Gasteiger partial charge in [0.1, 0.15) is 0 Å². The predicted molar refractivity (Wildman–Crippen MR) is 405 cm³/mol.